The lowest BCUT2D eigenvalue weighted by Gasteiger charge is -2.30. The SMILES string of the molecule is CCn1nc(-c2nc(-c3ccc(CCNNCCOc4c(C)cc(-c5nnc(-c6nn(C)c7c6CCC(C)(C)C7)s5)cc4C)c(C(F)(F)F)c3)no2)c2c1CC(C)(C)CC2. The molecule has 2 aliphatic rings. The van der Waals surface area contributed by atoms with Gasteiger partial charge in [-0.15, -0.1) is 10.2 Å². The van der Waals surface area contributed by atoms with E-state index in [0.717, 1.165) is 94.0 Å². The Morgan fingerprint density at radius 1 is 0.850 bits per heavy atom. The normalized spacial score (nSPS) is 15.9. The molecule has 0 unspecified atom stereocenters. The first-order valence-electron chi connectivity index (χ1n) is 20.7. The lowest BCUT2D eigenvalue weighted by molar-refractivity contribution is -0.138. The van der Waals surface area contributed by atoms with Crippen molar-refractivity contribution < 1.29 is 22.4 Å². The van der Waals surface area contributed by atoms with Crippen LogP contribution in [0, 0.1) is 24.7 Å². The number of hydrogen-bond acceptors (Lipinski definition) is 11. The number of rotatable bonds is 13. The topological polar surface area (TPSA) is 134 Å². The summed E-state index contributed by atoms with van der Waals surface area (Å²) in [4.78, 5) is 4.51. The van der Waals surface area contributed by atoms with E-state index in [4.69, 9.17) is 19.5 Å². The standard InChI is InChI=1S/C44H53F3N10O2S/c1-9-57-34-24-43(6,7)16-13-31(34)35(54-57)39-50-38(55-59-39)28-11-10-27(32(22-28)44(45,46)47)14-17-48-49-18-19-58-37-25(2)20-29(21-26(37)3)40-51-52-41(60-40)36-30-12-15-42(4,5)23-33(30)56(8)53-36/h10-11,20-22,48-49H,9,12-19,23-24H2,1-8H3. The molecule has 0 saturated carbocycles. The average Bonchev–Trinajstić information content (AvgIpc) is 4.00. The maximum absolute atomic E-state index is 14.3. The zero-order chi connectivity index (χ0) is 42.6. The molecule has 60 heavy (non-hydrogen) atoms. The molecule has 0 saturated heterocycles. The highest BCUT2D eigenvalue weighted by Gasteiger charge is 2.36. The molecule has 0 radical (unpaired) electrons. The van der Waals surface area contributed by atoms with Gasteiger partial charge in [0.25, 0.3) is 5.89 Å². The van der Waals surface area contributed by atoms with Crippen LogP contribution >= 0.6 is 11.3 Å². The fourth-order valence-corrected chi connectivity index (χ4v) is 9.49. The molecule has 0 atom stereocenters. The average molecular weight is 843 g/mol. The van der Waals surface area contributed by atoms with Crippen LogP contribution in [0.3, 0.4) is 0 Å². The summed E-state index contributed by atoms with van der Waals surface area (Å²) in [5.74, 6) is 1.10. The highest BCUT2D eigenvalue weighted by Crippen LogP contribution is 2.42. The highest BCUT2D eigenvalue weighted by atomic mass is 32.1. The predicted molar refractivity (Wildman–Crippen MR) is 225 cm³/mol. The second kappa shape index (κ2) is 16.2. The predicted octanol–water partition coefficient (Wildman–Crippen LogP) is 8.92. The molecule has 0 spiro atoms. The summed E-state index contributed by atoms with van der Waals surface area (Å²) in [6, 6.07) is 8.31. The van der Waals surface area contributed by atoms with Crippen molar-refractivity contribution in [2.45, 2.75) is 106 Å². The number of aryl methyl sites for hydroxylation is 4. The van der Waals surface area contributed by atoms with E-state index in [1.807, 2.05) is 37.2 Å². The van der Waals surface area contributed by atoms with Gasteiger partial charge in [0.05, 0.1) is 5.56 Å². The lowest BCUT2D eigenvalue weighted by Crippen LogP contribution is -2.36. The van der Waals surface area contributed by atoms with E-state index in [1.54, 1.807) is 17.4 Å². The molecular formula is C44H53F3N10O2S. The summed E-state index contributed by atoms with van der Waals surface area (Å²) in [7, 11) is 2.01. The Kier molecular flexibility index (Phi) is 11.3. The molecule has 318 valence electrons. The second-order valence-corrected chi connectivity index (χ2v) is 18.7. The van der Waals surface area contributed by atoms with Crippen LogP contribution in [0.25, 0.3) is 44.2 Å². The zero-order valence-corrected chi connectivity index (χ0v) is 36.4. The largest absolute Gasteiger partial charge is 0.492 e. The van der Waals surface area contributed by atoms with Crippen LogP contribution in [0.15, 0.2) is 34.9 Å². The van der Waals surface area contributed by atoms with E-state index in [0.29, 0.717) is 25.4 Å². The maximum Gasteiger partial charge on any atom is 0.416 e. The van der Waals surface area contributed by atoms with Gasteiger partial charge in [-0.1, -0.05) is 56.3 Å². The first-order valence-corrected chi connectivity index (χ1v) is 21.5. The van der Waals surface area contributed by atoms with Crippen LogP contribution in [0.1, 0.15) is 92.2 Å². The van der Waals surface area contributed by atoms with Crippen molar-refractivity contribution in [3.63, 3.8) is 0 Å². The molecule has 12 nitrogen and oxygen atoms in total. The Bertz CT molecular complexity index is 2510. The molecular weight excluding hydrogens is 790 g/mol. The minimum absolute atomic E-state index is 0.0927. The number of aromatic nitrogens is 8. The smallest absolute Gasteiger partial charge is 0.416 e. The molecule has 2 N–H and O–H groups in total. The minimum atomic E-state index is -4.56. The third-order valence-corrected chi connectivity index (χ3v) is 12.9. The van der Waals surface area contributed by atoms with Gasteiger partial charge in [-0.3, -0.25) is 20.2 Å². The molecule has 0 fully saturated rings. The molecule has 2 aliphatic carbocycles. The Hall–Kier alpha value is -4.93. The van der Waals surface area contributed by atoms with Gasteiger partial charge in [-0.05, 0) is 111 Å². The molecule has 2 aromatic carbocycles. The fraction of sp³-hybridized carbons (Fsp3) is 0.500. The number of hydrazine groups is 1. The summed E-state index contributed by atoms with van der Waals surface area (Å²) in [6.07, 6.45) is 1.39. The Morgan fingerprint density at radius 2 is 1.52 bits per heavy atom. The Morgan fingerprint density at radius 3 is 2.22 bits per heavy atom. The third-order valence-electron chi connectivity index (χ3n) is 11.9. The van der Waals surface area contributed by atoms with Crippen molar-refractivity contribution in [3.05, 3.63) is 75.1 Å². The van der Waals surface area contributed by atoms with Crippen LogP contribution in [-0.4, -0.2) is 59.6 Å². The van der Waals surface area contributed by atoms with Crippen LogP contribution in [-0.2, 0) is 51.9 Å². The zero-order valence-electron chi connectivity index (χ0n) is 35.6. The molecule has 4 heterocycles. The molecule has 6 aromatic rings. The van der Waals surface area contributed by atoms with E-state index in [9.17, 15) is 13.2 Å². The van der Waals surface area contributed by atoms with Crippen molar-refractivity contribution in [2.75, 3.05) is 19.7 Å². The number of nitrogens with one attached hydrogen (secondary N) is 2. The van der Waals surface area contributed by atoms with Gasteiger partial charge >= 0.3 is 6.18 Å². The Labute approximate surface area is 352 Å². The first-order chi connectivity index (χ1) is 28.5. The molecule has 4 aromatic heterocycles. The lowest BCUT2D eigenvalue weighted by atomic mass is 9.76. The van der Waals surface area contributed by atoms with Crippen LogP contribution in [0.4, 0.5) is 13.2 Å². The van der Waals surface area contributed by atoms with Gasteiger partial charge in [-0.25, -0.2) is 0 Å². The highest BCUT2D eigenvalue weighted by molar-refractivity contribution is 7.17. The maximum atomic E-state index is 14.3. The van der Waals surface area contributed by atoms with Crippen LogP contribution in [0.5, 0.6) is 5.75 Å². The Balaban J connectivity index is 0.848. The van der Waals surface area contributed by atoms with Gasteiger partial charge in [0.1, 0.15) is 23.1 Å². The van der Waals surface area contributed by atoms with Crippen molar-refractivity contribution >= 4 is 11.3 Å². The summed E-state index contributed by atoms with van der Waals surface area (Å²) < 4.78 is 58.7. The van der Waals surface area contributed by atoms with Crippen molar-refractivity contribution in [2.24, 2.45) is 17.9 Å². The molecule has 0 amide bonds. The first kappa shape index (κ1) is 41.8. The number of fused-ring (bicyclic) bond motifs is 2. The minimum Gasteiger partial charge on any atom is -0.492 e. The number of nitrogens with zero attached hydrogens (tertiary/aromatic N) is 8. The van der Waals surface area contributed by atoms with Gasteiger partial charge < -0.3 is 9.26 Å². The number of halogens is 3. The number of alkyl halides is 3. The van der Waals surface area contributed by atoms with E-state index in [2.05, 4.69) is 71.0 Å². The van der Waals surface area contributed by atoms with E-state index in [-0.39, 0.29) is 46.6 Å². The van der Waals surface area contributed by atoms with Crippen LogP contribution in [0.2, 0.25) is 0 Å². The number of ether oxygens (including phenoxy) is 1. The summed E-state index contributed by atoms with van der Waals surface area (Å²) in [5, 5.41) is 24.4. The van der Waals surface area contributed by atoms with Gasteiger partial charge in [0, 0.05) is 60.3 Å². The monoisotopic (exact) mass is 842 g/mol. The summed E-state index contributed by atoms with van der Waals surface area (Å²) in [6.45, 7) is 16.9. The summed E-state index contributed by atoms with van der Waals surface area (Å²) >= 11 is 1.55. The third kappa shape index (κ3) is 8.50. The van der Waals surface area contributed by atoms with Crippen molar-refractivity contribution in [3.8, 4) is 50.0 Å². The second-order valence-electron chi connectivity index (χ2n) is 17.8. The molecule has 16 heteroatoms. The van der Waals surface area contributed by atoms with Crippen LogP contribution < -0.4 is 15.6 Å². The van der Waals surface area contributed by atoms with E-state index in [1.165, 1.54) is 17.3 Å². The summed E-state index contributed by atoms with van der Waals surface area (Å²) in [5.41, 5.74) is 15.5. The fourth-order valence-electron chi connectivity index (χ4n) is 8.65. The number of hydrogen-bond donors (Lipinski definition) is 2. The van der Waals surface area contributed by atoms with Gasteiger partial charge in [0.2, 0.25) is 5.82 Å². The molecule has 0 aliphatic heterocycles. The quantitative estimate of drug-likeness (QED) is 0.0858. The van der Waals surface area contributed by atoms with E-state index < -0.39 is 11.7 Å². The van der Waals surface area contributed by atoms with Crippen molar-refractivity contribution in [1.29, 1.82) is 0 Å². The van der Waals surface area contributed by atoms with Gasteiger partial charge in [0.15, 0.2) is 10.7 Å². The van der Waals surface area contributed by atoms with Crippen molar-refractivity contribution in [1.82, 2.24) is 50.8 Å². The molecule has 8 rings (SSSR count). The molecule has 0 bridgehead atoms. The van der Waals surface area contributed by atoms with E-state index >= 15 is 0 Å². The number of benzene rings is 2. The van der Waals surface area contributed by atoms with Gasteiger partial charge in [-0.2, -0.15) is 28.4 Å².